The number of ether oxygens (including phenoxy) is 3. The zero-order valence-electron chi connectivity index (χ0n) is 17.0. The molecular formula is C20H25N3O6. The number of nitro groups is 1. The van der Waals surface area contributed by atoms with Gasteiger partial charge >= 0.3 is 5.97 Å². The van der Waals surface area contributed by atoms with E-state index in [1.165, 1.54) is 18.2 Å². The van der Waals surface area contributed by atoms with E-state index in [1.54, 1.807) is 27.0 Å². The quantitative estimate of drug-likeness (QED) is 0.357. The lowest BCUT2D eigenvalue weighted by molar-refractivity contribution is -0.385. The van der Waals surface area contributed by atoms with Crippen LogP contribution in [0.3, 0.4) is 0 Å². The van der Waals surface area contributed by atoms with Crippen molar-refractivity contribution in [2.45, 2.75) is 26.4 Å². The molecule has 29 heavy (non-hydrogen) atoms. The van der Waals surface area contributed by atoms with Gasteiger partial charge in [-0.2, -0.15) is 0 Å². The van der Waals surface area contributed by atoms with Crippen molar-refractivity contribution in [3.05, 3.63) is 52.7 Å². The van der Waals surface area contributed by atoms with Gasteiger partial charge in [0.1, 0.15) is 18.0 Å². The summed E-state index contributed by atoms with van der Waals surface area (Å²) in [5, 5.41) is 11.1. The number of non-ortho nitro benzene ring substituents is 1. The average Bonchev–Trinajstić information content (AvgIpc) is 2.66. The van der Waals surface area contributed by atoms with Crippen molar-refractivity contribution in [2.24, 2.45) is 0 Å². The zero-order chi connectivity index (χ0) is 21.4. The van der Waals surface area contributed by atoms with Gasteiger partial charge < -0.3 is 19.1 Å². The minimum absolute atomic E-state index is 0.102. The molecule has 0 N–H and O–H groups in total. The Morgan fingerprint density at radius 1 is 1.17 bits per heavy atom. The van der Waals surface area contributed by atoms with Gasteiger partial charge in [-0.15, -0.1) is 0 Å². The molecule has 0 unspecified atom stereocenters. The van der Waals surface area contributed by atoms with E-state index in [1.807, 2.05) is 30.1 Å². The topological polar surface area (TPSA) is 104 Å². The van der Waals surface area contributed by atoms with Crippen molar-refractivity contribution >= 4 is 17.5 Å². The third kappa shape index (κ3) is 7.28. The molecule has 0 fully saturated rings. The maximum absolute atomic E-state index is 11.9. The van der Waals surface area contributed by atoms with Gasteiger partial charge in [0.15, 0.2) is 18.1 Å². The molecule has 0 atom stereocenters. The highest BCUT2D eigenvalue weighted by atomic mass is 16.6. The van der Waals surface area contributed by atoms with Crippen LogP contribution in [-0.2, 0) is 9.53 Å². The second-order valence-electron chi connectivity index (χ2n) is 7.22. The minimum Gasteiger partial charge on any atom is -0.488 e. The largest absolute Gasteiger partial charge is 0.488 e. The van der Waals surface area contributed by atoms with Gasteiger partial charge in [0.2, 0.25) is 0 Å². The molecule has 1 aromatic heterocycles. The minimum atomic E-state index is -0.654. The van der Waals surface area contributed by atoms with Crippen LogP contribution in [0.2, 0.25) is 0 Å². The molecular weight excluding hydrogens is 378 g/mol. The Hall–Kier alpha value is -3.36. The smallest absolute Gasteiger partial charge is 0.344 e. The number of nitro benzene ring substituents is 1. The Morgan fingerprint density at radius 2 is 1.93 bits per heavy atom. The molecule has 0 radical (unpaired) electrons. The first-order valence-electron chi connectivity index (χ1n) is 9.04. The van der Waals surface area contributed by atoms with Gasteiger partial charge in [0, 0.05) is 19.3 Å². The van der Waals surface area contributed by atoms with Crippen molar-refractivity contribution in [3.63, 3.8) is 0 Å². The van der Waals surface area contributed by atoms with Crippen LogP contribution in [0, 0.1) is 10.1 Å². The van der Waals surface area contributed by atoms with Gasteiger partial charge in [0.05, 0.1) is 17.5 Å². The fourth-order valence-electron chi connectivity index (χ4n) is 2.34. The van der Waals surface area contributed by atoms with Gasteiger partial charge in [-0.1, -0.05) is 6.07 Å². The van der Waals surface area contributed by atoms with Crippen molar-refractivity contribution in [2.75, 3.05) is 31.7 Å². The van der Waals surface area contributed by atoms with E-state index in [0.29, 0.717) is 12.3 Å². The number of rotatable bonds is 9. The lowest BCUT2D eigenvalue weighted by atomic mass is 10.2. The monoisotopic (exact) mass is 403 g/mol. The number of carbonyl (C=O) groups excluding carboxylic acids is 1. The number of carbonyl (C=O) groups is 1. The number of likely N-dealkylation sites (N-methyl/N-ethyl adjacent to an activating group) is 1. The van der Waals surface area contributed by atoms with E-state index in [9.17, 15) is 14.9 Å². The third-order valence-electron chi connectivity index (χ3n) is 3.63. The molecule has 1 heterocycles. The third-order valence-corrected chi connectivity index (χ3v) is 3.63. The SMILES string of the molecule is CN(CCOc1ccc([N+](=O)[O-])cc1OCC(=O)OC(C)(C)C)c1ccccn1. The van der Waals surface area contributed by atoms with Crippen LogP contribution in [0.15, 0.2) is 42.6 Å². The Labute approximate surface area is 169 Å². The van der Waals surface area contributed by atoms with Crippen LogP contribution in [0.5, 0.6) is 11.5 Å². The van der Waals surface area contributed by atoms with Crippen LogP contribution in [0.1, 0.15) is 20.8 Å². The molecule has 2 aromatic rings. The average molecular weight is 403 g/mol. The molecule has 0 bridgehead atoms. The molecule has 2 rings (SSSR count). The first-order chi connectivity index (χ1) is 13.7. The number of hydrogen-bond donors (Lipinski definition) is 0. The highest BCUT2D eigenvalue weighted by Gasteiger charge is 2.19. The number of pyridine rings is 1. The molecule has 0 aliphatic heterocycles. The van der Waals surface area contributed by atoms with Crippen LogP contribution in [0.25, 0.3) is 0 Å². The number of aromatic nitrogens is 1. The van der Waals surface area contributed by atoms with Gasteiger partial charge in [0.25, 0.3) is 5.69 Å². The van der Waals surface area contributed by atoms with Crippen LogP contribution in [0.4, 0.5) is 11.5 Å². The molecule has 0 saturated carbocycles. The van der Waals surface area contributed by atoms with Gasteiger partial charge in [-0.3, -0.25) is 10.1 Å². The van der Waals surface area contributed by atoms with Crippen molar-refractivity contribution in [1.29, 1.82) is 0 Å². The molecule has 1 aromatic carbocycles. The summed E-state index contributed by atoms with van der Waals surface area (Å²) in [6.07, 6.45) is 1.70. The molecule has 9 heteroatoms. The zero-order valence-corrected chi connectivity index (χ0v) is 17.0. The fraction of sp³-hybridized carbons (Fsp3) is 0.400. The summed E-state index contributed by atoms with van der Waals surface area (Å²) in [4.78, 5) is 28.6. The van der Waals surface area contributed by atoms with Crippen LogP contribution in [-0.4, -0.2) is 48.3 Å². The van der Waals surface area contributed by atoms with Crippen LogP contribution >= 0.6 is 0 Å². The summed E-state index contributed by atoms with van der Waals surface area (Å²) < 4.78 is 16.4. The summed E-state index contributed by atoms with van der Waals surface area (Å²) in [5.41, 5.74) is -0.819. The Bertz CT molecular complexity index is 836. The van der Waals surface area contributed by atoms with Crippen LogP contribution < -0.4 is 14.4 Å². The molecule has 0 spiro atoms. The van der Waals surface area contributed by atoms with E-state index < -0.39 is 16.5 Å². The number of hydrogen-bond acceptors (Lipinski definition) is 8. The highest BCUT2D eigenvalue weighted by molar-refractivity contribution is 5.71. The molecule has 0 aliphatic rings. The summed E-state index contributed by atoms with van der Waals surface area (Å²) in [5.74, 6) is 0.616. The lowest BCUT2D eigenvalue weighted by Gasteiger charge is -2.20. The summed E-state index contributed by atoms with van der Waals surface area (Å²) in [7, 11) is 1.88. The van der Waals surface area contributed by atoms with E-state index in [0.717, 1.165) is 5.82 Å². The predicted molar refractivity (Wildman–Crippen MR) is 107 cm³/mol. The first-order valence-corrected chi connectivity index (χ1v) is 9.04. The lowest BCUT2D eigenvalue weighted by Crippen LogP contribution is -2.27. The second-order valence-corrected chi connectivity index (χ2v) is 7.22. The first kappa shape index (κ1) is 21.9. The van der Waals surface area contributed by atoms with Crippen molar-refractivity contribution < 1.29 is 23.9 Å². The number of esters is 1. The Morgan fingerprint density at radius 3 is 2.55 bits per heavy atom. The molecule has 0 aliphatic carbocycles. The molecule has 0 saturated heterocycles. The number of nitrogens with zero attached hydrogens (tertiary/aromatic N) is 3. The summed E-state index contributed by atoms with van der Waals surface area (Å²) in [6, 6.07) is 9.59. The van der Waals surface area contributed by atoms with E-state index in [4.69, 9.17) is 14.2 Å². The highest BCUT2D eigenvalue weighted by Crippen LogP contribution is 2.31. The Balaban J connectivity index is 2.02. The maximum atomic E-state index is 11.9. The van der Waals surface area contributed by atoms with E-state index in [-0.39, 0.29) is 24.7 Å². The predicted octanol–water partition coefficient (Wildman–Crippen LogP) is 3.23. The normalized spacial score (nSPS) is 10.9. The summed E-state index contributed by atoms with van der Waals surface area (Å²) in [6.45, 7) is 5.65. The van der Waals surface area contributed by atoms with Crippen molar-refractivity contribution in [1.82, 2.24) is 4.98 Å². The van der Waals surface area contributed by atoms with E-state index in [2.05, 4.69) is 4.98 Å². The molecule has 156 valence electrons. The van der Waals surface area contributed by atoms with Gasteiger partial charge in [-0.25, -0.2) is 9.78 Å². The standard InChI is InChI=1S/C20H25N3O6/c1-20(2,3)29-19(24)14-28-17-13-15(23(25)26)8-9-16(17)27-12-11-22(4)18-7-5-6-10-21-18/h5-10,13H,11-12,14H2,1-4H3. The molecule has 9 nitrogen and oxygen atoms in total. The van der Waals surface area contributed by atoms with Crippen molar-refractivity contribution in [3.8, 4) is 11.5 Å². The second kappa shape index (κ2) is 9.72. The Kier molecular flexibility index (Phi) is 7.35. The van der Waals surface area contributed by atoms with E-state index >= 15 is 0 Å². The molecule has 0 amide bonds. The number of benzene rings is 1. The fourth-order valence-corrected chi connectivity index (χ4v) is 2.34. The summed E-state index contributed by atoms with van der Waals surface area (Å²) >= 11 is 0. The number of anilines is 1. The van der Waals surface area contributed by atoms with Gasteiger partial charge in [-0.05, 0) is 39.0 Å². The maximum Gasteiger partial charge on any atom is 0.344 e.